The topological polar surface area (TPSA) is 60.9 Å². The smallest absolute Gasteiger partial charge is 0.319 e. The molecule has 18 heavy (non-hydrogen) atoms. The predicted molar refractivity (Wildman–Crippen MR) is 69.5 cm³/mol. The number of carboxylic acids is 1. The summed E-state index contributed by atoms with van der Waals surface area (Å²) in [5.41, 5.74) is 0. The lowest BCUT2D eigenvalue weighted by Gasteiger charge is -2.30. The Labute approximate surface area is 109 Å². The number of carbonyl (C=O) groups is 2. The van der Waals surface area contributed by atoms with Crippen LogP contribution in [-0.2, 0) is 4.79 Å². The lowest BCUT2D eigenvalue weighted by molar-refractivity contribution is -0.138. The minimum atomic E-state index is -0.775. The van der Waals surface area contributed by atoms with Crippen LogP contribution in [0.2, 0.25) is 0 Å². The Morgan fingerprint density at radius 1 is 1.39 bits per heavy atom. The molecule has 1 aliphatic heterocycles. The number of urea groups is 1. The molecule has 0 spiro atoms. The average molecular weight is 256 g/mol. The van der Waals surface area contributed by atoms with Crippen LogP contribution >= 0.6 is 0 Å². The zero-order chi connectivity index (χ0) is 13.7. The molecule has 5 heteroatoms. The molecule has 0 aromatic rings. The number of nitrogens with zero attached hydrogens (tertiary/aromatic N) is 2. The van der Waals surface area contributed by atoms with Crippen LogP contribution in [0.1, 0.15) is 39.5 Å². The highest BCUT2D eigenvalue weighted by Crippen LogP contribution is 2.21. The number of hydrogen-bond donors (Lipinski definition) is 1. The lowest BCUT2D eigenvalue weighted by atomic mass is 10.1. The van der Waals surface area contributed by atoms with Gasteiger partial charge in [0.1, 0.15) is 0 Å². The van der Waals surface area contributed by atoms with Crippen LogP contribution in [0.4, 0.5) is 4.79 Å². The Kier molecular flexibility index (Phi) is 5.44. The fraction of sp³-hybridized carbons (Fsp3) is 0.846. The number of rotatable bonds is 5. The van der Waals surface area contributed by atoms with Crippen LogP contribution in [0.3, 0.4) is 0 Å². The maximum absolute atomic E-state index is 12.2. The first-order chi connectivity index (χ1) is 8.49. The Bertz CT molecular complexity index is 303. The van der Waals surface area contributed by atoms with Crippen LogP contribution in [0.25, 0.3) is 0 Å². The molecule has 1 atom stereocenters. The Morgan fingerprint density at radius 3 is 2.50 bits per heavy atom. The molecule has 0 aromatic carbocycles. The number of amides is 2. The number of likely N-dealkylation sites (tertiary alicyclic amines) is 1. The minimum Gasteiger partial charge on any atom is -0.481 e. The second-order valence-electron chi connectivity index (χ2n) is 5.06. The van der Waals surface area contributed by atoms with Crippen LogP contribution in [0.5, 0.6) is 0 Å². The van der Waals surface area contributed by atoms with Gasteiger partial charge in [-0.1, -0.05) is 13.8 Å². The van der Waals surface area contributed by atoms with E-state index in [-0.39, 0.29) is 24.4 Å². The third-order valence-electron chi connectivity index (χ3n) is 3.81. The summed E-state index contributed by atoms with van der Waals surface area (Å²) in [7, 11) is 1.84. The van der Waals surface area contributed by atoms with E-state index in [9.17, 15) is 9.59 Å². The van der Waals surface area contributed by atoms with E-state index >= 15 is 0 Å². The normalized spacial score (nSPS) is 19.3. The van der Waals surface area contributed by atoms with Gasteiger partial charge in [-0.25, -0.2) is 4.79 Å². The fourth-order valence-corrected chi connectivity index (χ4v) is 2.64. The molecule has 1 rings (SSSR count). The van der Waals surface area contributed by atoms with E-state index < -0.39 is 5.97 Å². The molecular weight excluding hydrogens is 232 g/mol. The van der Waals surface area contributed by atoms with Crippen LogP contribution < -0.4 is 0 Å². The molecule has 0 bridgehead atoms. The molecule has 1 fully saturated rings. The number of aliphatic carboxylic acids is 1. The van der Waals surface area contributed by atoms with Crippen molar-refractivity contribution in [3.8, 4) is 0 Å². The van der Waals surface area contributed by atoms with Crippen molar-refractivity contribution in [2.75, 3.05) is 20.1 Å². The molecule has 1 unspecified atom stereocenters. The van der Waals surface area contributed by atoms with Crippen molar-refractivity contribution in [2.45, 2.75) is 45.6 Å². The van der Waals surface area contributed by atoms with Gasteiger partial charge in [-0.05, 0) is 25.2 Å². The molecule has 1 aliphatic rings. The van der Waals surface area contributed by atoms with Gasteiger partial charge < -0.3 is 14.9 Å². The number of carboxylic acid groups (broad SMARTS) is 1. The maximum Gasteiger partial charge on any atom is 0.319 e. The standard InChI is InChI=1S/C13H24N2O3/c1-4-11(5-2)14(3)13(18)15-7-6-10(9-15)8-12(16)17/h10-11H,4-9H2,1-3H3,(H,16,17). The summed E-state index contributed by atoms with van der Waals surface area (Å²) in [4.78, 5) is 26.5. The average Bonchev–Trinajstić information content (AvgIpc) is 2.77. The monoisotopic (exact) mass is 256 g/mol. The third kappa shape index (κ3) is 3.62. The second-order valence-corrected chi connectivity index (χ2v) is 5.06. The van der Waals surface area contributed by atoms with Crippen LogP contribution in [0, 0.1) is 5.92 Å². The van der Waals surface area contributed by atoms with Gasteiger partial charge in [0.2, 0.25) is 0 Å². The van der Waals surface area contributed by atoms with E-state index in [4.69, 9.17) is 5.11 Å². The third-order valence-corrected chi connectivity index (χ3v) is 3.81. The van der Waals surface area contributed by atoms with Crippen LogP contribution in [-0.4, -0.2) is 53.1 Å². The summed E-state index contributed by atoms with van der Waals surface area (Å²) in [6, 6.07) is 0.313. The van der Waals surface area contributed by atoms with Crippen molar-refractivity contribution in [3.05, 3.63) is 0 Å². The quantitative estimate of drug-likeness (QED) is 0.818. The molecule has 2 amide bonds. The first kappa shape index (κ1) is 14.8. The largest absolute Gasteiger partial charge is 0.481 e. The first-order valence-corrected chi connectivity index (χ1v) is 6.73. The minimum absolute atomic E-state index is 0.0385. The van der Waals surface area contributed by atoms with E-state index in [2.05, 4.69) is 13.8 Å². The molecule has 0 saturated carbocycles. The highest BCUT2D eigenvalue weighted by atomic mass is 16.4. The van der Waals surface area contributed by atoms with Crippen molar-refractivity contribution >= 4 is 12.0 Å². The van der Waals surface area contributed by atoms with E-state index in [1.165, 1.54) is 0 Å². The highest BCUT2D eigenvalue weighted by molar-refractivity contribution is 5.75. The Balaban J connectivity index is 2.51. The van der Waals surface area contributed by atoms with Gasteiger partial charge in [0.25, 0.3) is 0 Å². The van der Waals surface area contributed by atoms with Crippen molar-refractivity contribution in [1.29, 1.82) is 0 Å². The van der Waals surface area contributed by atoms with Gasteiger partial charge >= 0.3 is 12.0 Å². The molecule has 0 radical (unpaired) electrons. The molecule has 0 aliphatic carbocycles. The number of hydrogen-bond acceptors (Lipinski definition) is 2. The van der Waals surface area contributed by atoms with Gasteiger partial charge in [0, 0.05) is 32.6 Å². The molecule has 1 heterocycles. The fourth-order valence-electron chi connectivity index (χ4n) is 2.64. The lowest BCUT2D eigenvalue weighted by Crippen LogP contribution is -2.44. The SMILES string of the molecule is CCC(CC)N(C)C(=O)N1CCC(CC(=O)O)C1. The Morgan fingerprint density at radius 2 is 2.00 bits per heavy atom. The second kappa shape index (κ2) is 6.61. The Hall–Kier alpha value is -1.26. The van der Waals surface area contributed by atoms with E-state index in [0.717, 1.165) is 19.3 Å². The van der Waals surface area contributed by atoms with Crippen molar-refractivity contribution < 1.29 is 14.7 Å². The van der Waals surface area contributed by atoms with E-state index in [0.29, 0.717) is 13.1 Å². The summed E-state index contributed by atoms with van der Waals surface area (Å²) in [5.74, 6) is -0.663. The van der Waals surface area contributed by atoms with Gasteiger partial charge in [-0.2, -0.15) is 0 Å². The molecule has 104 valence electrons. The van der Waals surface area contributed by atoms with Crippen molar-refractivity contribution in [3.63, 3.8) is 0 Å². The summed E-state index contributed by atoms with van der Waals surface area (Å²) in [6.45, 7) is 5.42. The van der Waals surface area contributed by atoms with Gasteiger partial charge in [-0.3, -0.25) is 4.79 Å². The van der Waals surface area contributed by atoms with Gasteiger partial charge in [-0.15, -0.1) is 0 Å². The number of carbonyl (C=O) groups excluding carboxylic acids is 1. The zero-order valence-electron chi connectivity index (χ0n) is 11.6. The maximum atomic E-state index is 12.2. The molecule has 0 aromatic heterocycles. The first-order valence-electron chi connectivity index (χ1n) is 6.73. The summed E-state index contributed by atoms with van der Waals surface area (Å²) in [5, 5.41) is 8.76. The summed E-state index contributed by atoms with van der Waals surface area (Å²) < 4.78 is 0. The van der Waals surface area contributed by atoms with Crippen molar-refractivity contribution in [1.82, 2.24) is 9.80 Å². The van der Waals surface area contributed by atoms with E-state index in [1.54, 1.807) is 9.80 Å². The molecule has 1 saturated heterocycles. The predicted octanol–water partition coefficient (Wildman–Crippen LogP) is 2.02. The van der Waals surface area contributed by atoms with E-state index in [1.807, 2.05) is 7.05 Å². The molecule has 1 N–H and O–H groups in total. The van der Waals surface area contributed by atoms with Crippen molar-refractivity contribution in [2.24, 2.45) is 5.92 Å². The van der Waals surface area contributed by atoms with Crippen LogP contribution in [0.15, 0.2) is 0 Å². The zero-order valence-corrected chi connectivity index (χ0v) is 11.6. The summed E-state index contributed by atoms with van der Waals surface area (Å²) in [6.07, 6.45) is 2.86. The highest BCUT2D eigenvalue weighted by Gasteiger charge is 2.30. The van der Waals surface area contributed by atoms with Gasteiger partial charge in [0.15, 0.2) is 0 Å². The summed E-state index contributed by atoms with van der Waals surface area (Å²) >= 11 is 0. The molecular formula is C13H24N2O3. The van der Waals surface area contributed by atoms with Gasteiger partial charge in [0.05, 0.1) is 0 Å². The molecule has 5 nitrogen and oxygen atoms in total.